The van der Waals surface area contributed by atoms with Gasteiger partial charge in [0.25, 0.3) is 11.5 Å². The number of thiazole rings is 1. The molecule has 3 fully saturated rings. The second-order valence-electron chi connectivity index (χ2n) is 11.5. The van der Waals surface area contributed by atoms with Gasteiger partial charge in [0.1, 0.15) is 22.3 Å². The molecule has 3 aliphatic rings. The summed E-state index contributed by atoms with van der Waals surface area (Å²) in [6.07, 6.45) is 9.35. The standard InChI is InChI=1S/C25H24ClN5O2S.C7H11NO2/c1-14-29-21-11-18(24-28-12-22(34-24)23(32)30-17-4-2-3-5-17)20(27)10-19(21)25(33)31(14)13-15-6-8-16(26)9-7-15;9-7-8-4-2-1-3-6(8)5-10-7/h6-12,17H,2-5,13,27H2,1H3,(H,30,32);6H,1-5H2. The monoisotopic (exact) mass is 634 g/mol. The van der Waals surface area contributed by atoms with Crippen LogP contribution in [0.3, 0.4) is 0 Å². The molecule has 2 aromatic carbocycles. The van der Waals surface area contributed by atoms with Crippen LogP contribution in [-0.4, -0.2) is 56.7 Å². The minimum atomic E-state index is -0.161. The number of aryl methyl sites for hydroxylation is 1. The molecule has 1 unspecified atom stereocenters. The number of carbonyl (C=O) groups is 2. The molecule has 1 aliphatic carbocycles. The van der Waals surface area contributed by atoms with Gasteiger partial charge in [-0.3, -0.25) is 14.2 Å². The van der Waals surface area contributed by atoms with E-state index in [1.807, 2.05) is 24.0 Å². The second kappa shape index (κ2) is 13.0. The number of hydrogen-bond acceptors (Lipinski definition) is 8. The zero-order chi connectivity index (χ0) is 30.8. The predicted octanol–water partition coefficient (Wildman–Crippen LogP) is 5.78. The van der Waals surface area contributed by atoms with E-state index in [0.29, 0.717) is 62.1 Å². The van der Waals surface area contributed by atoms with Gasteiger partial charge in [-0.2, -0.15) is 0 Å². The second-order valence-corrected chi connectivity index (χ2v) is 13.0. The lowest BCUT2D eigenvalue weighted by Gasteiger charge is -2.25. The smallest absolute Gasteiger partial charge is 0.410 e. The Morgan fingerprint density at radius 1 is 1.11 bits per heavy atom. The fourth-order valence-corrected chi connectivity index (χ4v) is 7.02. The summed E-state index contributed by atoms with van der Waals surface area (Å²) in [4.78, 5) is 48.3. The molecule has 10 nitrogen and oxygen atoms in total. The Hall–Kier alpha value is -3.96. The van der Waals surface area contributed by atoms with E-state index in [2.05, 4.69) is 15.3 Å². The molecule has 4 heterocycles. The molecule has 0 bridgehead atoms. The number of nitrogens with one attached hydrogen (secondary N) is 1. The highest BCUT2D eigenvalue weighted by atomic mass is 35.5. The third kappa shape index (κ3) is 6.44. The van der Waals surface area contributed by atoms with E-state index in [0.717, 1.165) is 50.6 Å². The normalized spacial score (nSPS) is 18.1. The summed E-state index contributed by atoms with van der Waals surface area (Å²) in [6.45, 7) is 3.72. The number of halogens is 1. The van der Waals surface area contributed by atoms with Gasteiger partial charge < -0.3 is 20.7 Å². The van der Waals surface area contributed by atoms with Crippen molar-refractivity contribution in [3.05, 3.63) is 74.2 Å². The molecule has 230 valence electrons. The average Bonchev–Trinajstić information content (AvgIpc) is 3.79. The van der Waals surface area contributed by atoms with Crippen molar-refractivity contribution >= 4 is 51.5 Å². The lowest BCUT2D eigenvalue weighted by Crippen LogP contribution is -2.37. The van der Waals surface area contributed by atoms with Crippen LogP contribution in [-0.2, 0) is 11.3 Å². The van der Waals surface area contributed by atoms with Gasteiger partial charge in [-0.15, -0.1) is 11.3 Å². The van der Waals surface area contributed by atoms with Gasteiger partial charge in [0.2, 0.25) is 0 Å². The van der Waals surface area contributed by atoms with Gasteiger partial charge in [0.15, 0.2) is 0 Å². The molecule has 12 heteroatoms. The first-order chi connectivity index (χ1) is 21.3. The number of cyclic esters (lactones) is 1. The van der Waals surface area contributed by atoms with Gasteiger partial charge in [0.05, 0.1) is 29.7 Å². The molecular weight excluding hydrogens is 600 g/mol. The van der Waals surface area contributed by atoms with Gasteiger partial charge >= 0.3 is 6.09 Å². The van der Waals surface area contributed by atoms with Gasteiger partial charge in [-0.25, -0.2) is 14.8 Å². The summed E-state index contributed by atoms with van der Waals surface area (Å²) in [5.41, 5.74) is 8.76. The lowest BCUT2D eigenvalue weighted by atomic mass is 10.0. The van der Waals surface area contributed by atoms with E-state index in [1.165, 1.54) is 17.8 Å². The van der Waals surface area contributed by atoms with Crippen LogP contribution in [0.1, 0.15) is 66.0 Å². The number of ether oxygens (including phenoxy) is 1. The Balaban J connectivity index is 0.000000289. The lowest BCUT2D eigenvalue weighted by molar-refractivity contribution is 0.0941. The van der Waals surface area contributed by atoms with E-state index in [-0.39, 0.29) is 23.6 Å². The summed E-state index contributed by atoms with van der Waals surface area (Å²) in [7, 11) is 0. The van der Waals surface area contributed by atoms with E-state index >= 15 is 0 Å². The molecule has 0 spiro atoms. The van der Waals surface area contributed by atoms with Crippen LogP contribution in [0.15, 0.2) is 47.4 Å². The number of nitrogens with zero attached hydrogens (tertiary/aromatic N) is 4. The Kier molecular flexibility index (Phi) is 8.86. The zero-order valence-corrected chi connectivity index (χ0v) is 26.1. The molecule has 3 N–H and O–H groups in total. The number of anilines is 1. The molecule has 2 aliphatic heterocycles. The van der Waals surface area contributed by atoms with E-state index in [9.17, 15) is 14.4 Å². The number of amides is 2. The van der Waals surface area contributed by atoms with Crippen LogP contribution in [0.4, 0.5) is 10.5 Å². The third-order valence-corrected chi connectivity index (χ3v) is 9.76. The average molecular weight is 635 g/mol. The Morgan fingerprint density at radius 3 is 2.61 bits per heavy atom. The molecule has 2 aromatic heterocycles. The minimum Gasteiger partial charge on any atom is -0.447 e. The quantitative estimate of drug-likeness (QED) is 0.266. The number of carbonyl (C=O) groups excluding carboxylic acids is 2. The van der Waals surface area contributed by atoms with Crippen molar-refractivity contribution in [2.24, 2.45) is 0 Å². The number of piperidine rings is 1. The number of fused-ring (bicyclic) bond motifs is 2. The molecule has 2 amide bonds. The van der Waals surface area contributed by atoms with Crippen LogP contribution in [0.25, 0.3) is 21.5 Å². The number of aromatic nitrogens is 3. The van der Waals surface area contributed by atoms with Crippen LogP contribution in [0.5, 0.6) is 0 Å². The van der Waals surface area contributed by atoms with Gasteiger partial charge in [-0.1, -0.05) is 36.6 Å². The zero-order valence-electron chi connectivity index (χ0n) is 24.6. The van der Waals surface area contributed by atoms with E-state index in [4.69, 9.17) is 22.1 Å². The van der Waals surface area contributed by atoms with Crippen molar-refractivity contribution in [3.8, 4) is 10.6 Å². The summed E-state index contributed by atoms with van der Waals surface area (Å²) < 4.78 is 6.51. The number of benzene rings is 2. The topological polar surface area (TPSA) is 132 Å². The first kappa shape index (κ1) is 30.1. The first-order valence-electron chi connectivity index (χ1n) is 15.0. The van der Waals surface area contributed by atoms with Crippen LogP contribution in [0, 0.1) is 6.92 Å². The van der Waals surface area contributed by atoms with E-state index < -0.39 is 0 Å². The van der Waals surface area contributed by atoms with Gasteiger partial charge in [-0.05, 0) is 68.9 Å². The van der Waals surface area contributed by atoms with Crippen molar-refractivity contribution in [1.29, 1.82) is 0 Å². The summed E-state index contributed by atoms with van der Waals surface area (Å²) in [5, 5.41) is 4.80. The van der Waals surface area contributed by atoms with Crippen molar-refractivity contribution < 1.29 is 14.3 Å². The summed E-state index contributed by atoms with van der Waals surface area (Å²) >= 11 is 7.26. The summed E-state index contributed by atoms with van der Waals surface area (Å²) in [5.74, 6) is 0.494. The SMILES string of the molecule is Cc1nc2cc(-c3ncc(C(=O)NC4CCCC4)s3)c(N)cc2c(=O)n1Cc1ccc(Cl)cc1.O=C1OCC2CCCCN12. The van der Waals surface area contributed by atoms with Crippen molar-refractivity contribution in [2.45, 2.75) is 70.5 Å². The molecule has 0 radical (unpaired) electrons. The Labute approximate surface area is 264 Å². The fourth-order valence-electron chi connectivity index (χ4n) is 6.03. The molecule has 7 rings (SSSR count). The van der Waals surface area contributed by atoms with E-state index in [1.54, 1.807) is 35.0 Å². The first-order valence-corrected chi connectivity index (χ1v) is 16.2. The van der Waals surface area contributed by atoms with Crippen molar-refractivity contribution in [1.82, 2.24) is 24.8 Å². The van der Waals surface area contributed by atoms with Crippen LogP contribution < -0.4 is 16.6 Å². The maximum atomic E-state index is 13.3. The Morgan fingerprint density at radius 2 is 1.86 bits per heavy atom. The maximum absolute atomic E-state index is 13.3. The highest BCUT2D eigenvalue weighted by molar-refractivity contribution is 7.17. The van der Waals surface area contributed by atoms with Crippen LogP contribution in [0.2, 0.25) is 5.02 Å². The molecule has 1 saturated carbocycles. The number of rotatable bonds is 5. The van der Waals surface area contributed by atoms with Crippen molar-refractivity contribution in [3.63, 3.8) is 0 Å². The maximum Gasteiger partial charge on any atom is 0.410 e. The number of nitrogens with two attached hydrogens (primary N) is 1. The number of hydrogen-bond donors (Lipinski definition) is 2. The molecule has 44 heavy (non-hydrogen) atoms. The molecule has 4 aromatic rings. The molecule has 2 saturated heterocycles. The third-order valence-electron chi connectivity index (χ3n) is 8.48. The van der Waals surface area contributed by atoms with Gasteiger partial charge in [0, 0.05) is 28.9 Å². The summed E-state index contributed by atoms with van der Waals surface area (Å²) in [6, 6.07) is 11.4. The minimum absolute atomic E-state index is 0.103. The predicted molar refractivity (Wildman–Crippen MR) is 172 cm³/mol. The highest BCUT2D eigenvalue weighted by Gasteiger charge is 2.34. The fraction of sp³-hybridized carbons (Fsp3) is 0.406. The molecular formula is C32H35ClN6O4S. The van der Waals surface area contributed by atoms with Crippen LogP contribution >= 0.6 is 22.9 Å². The largest absolute Gasteiger partial charge is 0.447 e. The number of nitrogen functional groups attached to an aromatic ring is 1. The molecule has 1 atom stereocenters. The van der Waals surface area contributed by atoms with Crippen molar-refractivity contribution in [2.75, 3.05) is 18.9 Å². The highest BCUT2D eigenvalue weighted by Crippen LogP contribution is 2.32. The Bertz CT molecular complexity index is 1750.